The lowest BCUT2D eigenvalue weighted by Gasteiger charge is -2.25. The Hall–Kier alpha value is -4.69. The molecule has 2 aromatic heterocycles. The largest absolute Gasteiger partial charge is 0.497 e. The van der Waals surface area contributed by atoms with Crippen LogP contribution in [0.2, 0.25) is 0 Å². The number of H-pyrrole nitrogens is 1. The molecule has 7 nitrogen and oxygen atoms in total. The summed E-state index contributed by atoms with van der Waals surface area (Å²) in [7, 11) is 1.60. The number of hydrogen-bond donors (Lipinski definition) is 2. The van der Waals surface area contributed by atoms with Crippen molar-refractivity contribution in [1.82, 2.24) is 9.55 Å². The number of anilines is 1. The predicted molar refractivity (Wildman–Crippen MR) is 155 cm³/mol. The number of carbonyl (C=O) groups excluding carboxylic acids is 1. The van der Waals surface area contributed by atoms with Gasteiger partial charge in [-0.2, -0.15) is 0 Å². The molecule has 39 heavy (non-hydrogen) atoms. The van der Waals surface area contributed by atoms with Crippen molar-refractivity contribution in [3.63, 3.8) is 0 Å². The average Bonchev–Trinajstić information content (AvgIpc) is 3.43. The van der Waals surface area contributed by atoms with Gasteiger partial charge in [-0.1, -0.05) is 59.9 Å². The third-order valence-corrected chi connectivity index (χ3v) is 7.91. The van der Waals surface area contributed by atoms with E-state index in [4.69, 9.17) is 9.73 Å². The van der Waals surface area contributed by atoms with E-state index in [-0.39, 0.29) is 11.5 Å². The van der Waals surface area contributed by atoms with Gasteiger partial charge in [0.15, 0.2) is 4.80 Å². The summed E-state index contributed by atoms with van der Waals surface area (Å²) in [5.41, 5.74) is 5.16. The first kappa shape index (κ1) is 24.6. The van der Waals surface area contributed by atoms with Crippen LogP contribution in [-0.2, 0) is 4.79 Å². The van der Waals surface area contributed by atoms with Gasteiger partial charge in [0, 0.05) is 27.8 Å². The van der Waals surface area contributed by atoms with Crippen LogP contribution in [0.3, 0.4) is 0 Å². The summed E-state index contributed by atoms with van der Waals surface area (Å²) in [6, 6.07) is 24.1. The van der Waals surface area contributed by atoms with Crippen molar-refractivity contribution in [2.45, 2.75) is 19.9 Å². The summed E-state index contributed by atoms with van der Waals surface area (Å²) in [6.45, 7) is 3.81. The number of allylic oxidation sites excluding steroid dienone is 1. The van der Waals surface area contributed by atoms with Gasteiger partial charge in [0.25, 0.3) is 11.5 Å². The molecule has 0 radical (unpaired) electrons. The lowest BCUT2D eigenvalue weighted by Crippen LogP contribution is -2.40. The van der Waals surface area contributed by atoms with Crippen LogP contribution >= 0.6 is 11.3 Å². The Balaban J connectivity index is 1.55. The summed E-state index contributed by atoms with van der Waals surface area (Å²) in [5.74, 6) is 0.332. The van der Waals surface area contributed by atoms with Crippen molar-refractivity contribution in [1.29, 1.82) is 0 Å². The molecule has 1 atom stereocenters. The number of amides is 1. The number of aryl methyl sites for hydroxylation is 1. The first-order chi connectivity index (χ1) is 18.9. The molecule has 194 valence electrons. The number of methoxy groups -OCH3 is 1. The van der Waals surface area contributed by atoms with E-state index in [0.29, 0.717) is 32.0 Å². The molecule has 0 fully saturated rings. The van der Waals surface area contributed by atoms with Crippen LogP contribution in [-0.4, -0.2) is 22.6 Å². The van der Waals surface area contributed by atoms with Gasteiger partial charge >= 0.3 is 0 Å². The third-order valence-electron chi connectivity index (χ3n) is 6.93. The molecule has 0 saturated heterocycles. The number of benzene rings is 3. The highest BCUT2D eigenvalue weighted by Crippen LogP contribution is 2.32. The second kappa shape index (κ2) is 9.89. The summed E-state index contributed by atoms with van der Waals surface area (Å²) in [6.07, 6.45) is 1.92. The number of ether oxygens (including phenoxy) is 1. The van der Waals surface area contributed by atoms with E-state index in [1.807, 2.05) is 98.8 Å². The molecule has 0 spiro atoms. The van der Waals surface area contributed by atoms with Gasteiger partial charge in [0.1, 0.15) is 5.75 Å². The van der Waals surface area contributed by atoms with Gasteiger partial charge in [-0.25, -0.2) is 4.99 Å². The zero-order chi connectivity index (χ0) is 27.1. The zero-order valence-electron chi connectivity index (χ0n) is 21.7. The maximum atomic E-state index is 14.0. The lowest BCUT2D eigenvalue weighted by atomic mass is 9.95. The number of rotatable bonds is 5. The molecule has 1 aliphatic heterocycles. The number of aromatic amines is 1. The highest BCUT2D eigenvalue weighted by Gasteiger charge is 2.32. The minimum atomic E-state index is -0.675. The van der Waals surface area contributed by atoms with Crippen molar-refractivity contribution in [3.05, 3.63) is 127 Å². The Morgan fingerprint density at radius 1 is 1.05 bits per heavy atom. The number of thiazole rings is 1. The van der Waals surface area contributed by atoms with Crippen LogP contribution in [0.4, 0.5) is 5.69 Å². The monoisotopic (exact) mass is 534 g/mol. The molecule has 3 heterocycles. The molecule has 5 aromatic rings. The van der Waals surface area contributed by atoms with E-state index in [1.54, 1.807) is 11.7 Å². The van der Waals surface area contributed by atoms with Crippen molar-refractivity contribution in [2.75, 3.05) is 12.4 Å². The average molecular weight is 535 g/mol. The van der Waals surface area contributed by atoms with Crippen molar-refractivity contribution >= 4 is 39.9 Å². The topological polar surface area (TPSA) is 88.5 Å². The van der Waals surface area contributed by atoms with Crippen LogP contribution in [0.15, 0.2) is 99.9 Å². The fraction of sp³-hybridized carbons (Fsp3) is 0.129. The second-order valence-electron chi connectivity index (χ2n) is 9.39. The number of nitrogens with one attached hydrogen (secondary N) is 2. The predicted octanol–water partition coefficient (Wildman–Crippen LogP) is 4.67. The number of fused-ring (bicyclic) bond motifs is 2. The normalized spacial score (nSPS) is 15.3. The fourth-order valence-corrected chi connectivity index (χ4v) is 6.10. The Kier molecular flexibility index (Phi) is 6.24. The number of carbonyl (C=O) groups is 1. The fourth-order valence-electron chi connectivity index (χ4n) is 5.07. The molecule has 0 unspecified atom stereocenters. The molecule has 3 aromatic carbocycles. The Bertz CT molecular complexity index is 1950. The van der Waals surface area contributed by atoms with Crippen molar-refractivity contribution in [2.24, 2.45) is 4.99 Å². The van der Waals surface area contributed by atoms with Gasteiger partial charge in [-0.05, 0) is 55.8 Å². The smallest absolute Gasteiger partial charge is 0.271 e. The Morgan fingerprint density at radius 2 is 1.82 bits per heavy atom. The number of para-hydroxylation sites is 2. The molecule has 0 aliphatic carbocycles. The maximum Gasteiger partial charge on any atom is 0.271 e. The van der Waals surface area contributed by atoms with Gasteiger partial charge in [0.05, 0.1) is 29.0 Å². The molecule has 1 aliphatic rings. The standard InChI is InChI=1S/C31H26N4O3S/c1-18-24(23-14-7-8-15-25(23)32-18)17-26-30(37)35-28(20-10-9-13-22(16-20)38-3)27(19(2)33-31(35)39-26)29(36)34-21-11-5-4-6-12-21/h4-17,28,32H,1-3H3,(H,34,36)/b26-17-/t28-/m1/s1. The quantitative estimate of drug-likeness (QED) is 0.343. The second-order valence-corrected chi connectivity index (χ2v) is 10.4. The molecular weight excluding hydrogens is 508 g/mol. The molecule has 0 saturated carbocycles. The van der Waals surface area contributed by atoms with Gasteiger partial charge in [-0.15, -0.1) is 0 Å². The SMILES string of the molecule is COc1cccc([C@@H]2C(C(=O)Nc3ccccc3)=C(C)N=c3s/c(=C\c4c(C)[nH]c5ccccc45)c(=O)n32)c1. The summed E-state index contributed by atoms with van der Waals surface area (Å²) < 4.78 is 7.65. The van der Waals surface area contributed by atoms with Crippen molar-refractivity contribution < 1.29 is 9.53 Å². The van der Waals surface area contributed by atoms with E-state index in [1.165, 1.54) is 11.3 Å². The van der Waals surface area contributed by atoms with Crippen LogP contribution in [0.5, 0.6) is 5.75 Å². The van der Waals surface area contributed by atoms with Crippen LogP contribution in [0, 0.1) is 6.92 Å². The molecule has 6 rings (SSSR count). The van der Waals surface area contributed by atoms with Gasteiger partial charge < -0.3 is 15.0 Å². The Morgan fingerprint density at radius 3 is 2.62 bits per heavy atom. The minimum Gasteiger partial charge on any atom is -0.497 e. The van der Waals surface area contributed by atoms with E-state index in [2.05, 4.69) is 10.3 Å². The minimum absolute atomic E-state index is 0.200. The van der Waals surface area contributed by atoms with Gasteiger partial charge in [0.2, 0.25) is 0 Å². The third kappa shape index (κ3) is 4.38. The number of nitrogens with zero attached hydrogens (tertiary/aromatic N) is 2. The van der Waals surface area contributed by atoms with Crippen LogP contribution in [0.1, 0.15) is 29.8 Å². The zero-order valence-corrected chi connectivity index (χ0v) is 22.5. The van der Waals surface area contributed by atoms with E-state index >= 15 is 0 Å². The van der Waals surface area contributed by atoms with Crippen molar-refractivity contribution in [3.8, 4) is 5.75 Å². The van der Waals surface area contributed by atoms with Gasteiger partial charge in [-0.3, -0.25) is 14.2 Å². The molecular formula is C31H26N4O3S. The van der Waals surface area contributed by atoms with E-state index < -0.39 is 6.04 Å². The Labute approximate surface area is 228 Å². The number of aromatic nitrogens is 2. The summed E-state index contributed by atoms with van der Waals surface area (Å²) in [5, 5.41) is 4.03. The molecule has 2 N–H and O–H groups in total. The number of hydrogen-bond acceptors (Lipinski definition) is 5. The van der Waals surface area contributed by atoms with Crippen LogP contribution in [0.25, 0.3) is 17.0 Å². The maximum absolute atomic E-state index is 14.0. The van der Waals surface area contributed by atoms with Crippen LogP contribution < -0.4 is 24.9 Å². The van der Waals surface area contributed by atoms with E-state index in [9.17, 15) is 9.59 Å². The lowest BCUT2D eigenvalue weighted by molar-refractivity contribution is -0.113. The summed E-state index contributed by atoms with van der Waals surface area (Å²) in [4.78, 5) is 36.4. The first-order valence-electron chi connectivity index (χ1n) is 12.5. The molecule has 0 bridgehead atoms. The first-order valence-corrected chi connectivity index (χ1v) is 13.4. The molecule has 1 amide bonds. The van der Waals surface area contributed by atoms with E-state index in [0.717, 1.165) is 27.7 Å². The summed E-state index contributed by atoms with van der Waals surface area (Å²) >= 11 is 1.32. The highest BCUT2D eigenvalue weighted by molar-refractivity contribution is 7.07. The highest BCUT2D eigenvalue weighted by atomic mass is 32.1. The molecule has 8 heteroatoms.